The van der Waals surface area contributed by atoms with Crippen molar-refractivity contribution in [3.63, 3.8) is 0 Å². The highest BCUT2D eigenvalue weighted by molar-refractivity contribution is 4.66. The summed E-state index contributed by atoms with van der Waals surface area (Å²) < 4.78 is 0. The molecule has 0 radical (unpaired) electrons. The quantitative estimate of drug-likeness (QED) is 0.548. The summed E-state index contributed by atoms with van der Waals surface area (Å²) in [6.45, 7) is 4.78. The van der Waals surface area contributed by atoms with E-state index < -0.39 is 0 Å². The Bertz CT molecular complexity index is 59.9. The fourth-order valence-electron chi connectivity index (χ4n) is 1.27. The second-order valence-corrected chi connectivity index (χ2v) is 2.62. The second kappa shape index (κ2) is 3.08. The molecular weight excluding hydrogens is 98.1 g/mol. The molecule has 1 nitrogen and oxygen atoms in total. The fraction of sp³-hybridized carbons (Fsp3) is 1.00. The second-order valence-electron chi connectivity index (χ2n) is 2.62. The first-order valence-electron chi connectivity index (χ1n) is 3.64. The van der Waals surface area contributed by atoms with Gasteiger partial charge >= 0.3 is 0 Å². The van der Waals surface area contributed by atoms with E-state index in [2.05, 4.69) is 12.2 Å². The van der Waals surface area contributed by atoms with Crippen molar-refractivity contribution in [2.45, 2.75) is 26.2 Å². The van der Waals surface area contributed by atoms with E-state index in [1.54, 1.807) is 0 Å². The highest BCUT2D eigenvalue weighted by Gasteiger charge is 2.08. The zero-order chi connectivity index (χ0) is 5.82. The standard InChI is InChI=1S/C7H15N.H2/c1-2-7-4-3-5-8-6-7;/h7-8H,2-6H2,1H3;1H. The molecule has 0 amide bonds. The van der Waals surface area contributed by atoms with Gasteiger partial charge in [0.05, 0.1) is 0 Å². The summed E-state index contributed by atoms with van der Waals surface area (Å²) >= 11 is 0. The predicted octanol–water partition coefficient (Wildman–Crippen LogP) is 1.64. The number of hydrogen-bond acceptors (Lipinski definition) is 1. The van der Waals surface area contributed by atoms with Crippen molar-refractivity contribution in [1.82, 2.24) is 5.32 Å². The largest absolute Gasteiger partial charge is 0.316 e. The molecule has 0 bridgehead atoms. The van der Waals surface area contributed by atoms with Gasteiger partial charge in [-0.1, -0.05) is 13.3 Å². The Morgan fingerprint density at radius 3 is 3.00 bits per heavy atom. The molecule has 1 heterocycles. The molecule has 0 aliphatic carbocycles. The first-order valence-corrected chi connectivity index (χ1v) is 3.64. The minimum Gasteiger partial charge on any atom is -0.316 e. The topological polar surface area (TPSA) is 12.0 Å². The molecular formula is C7H17N. The van der Waals surface area contributed by atoms with Crippen LogP contribution in [0.1, 0.15) is 27.6 Å². The number of piperidine rings is 1. The van der Waals surface area contributed by atoms with Gasteiger partial charge in [0.25, 0.3) is 0 Å². The average molecular weight is 115 g/mol. The van der Waals surface area contributed by atoms with Crippen LogP contribution < -0.4 is 5.32 Å². The zero-order valence-electron chi connectivity index (χ0n) is 5.61. The van der Waals surface area contributed by atoms with Crippen molar-refractivity contribution in [2.24, 2.45) is 5.92 Å². The molecule has 0 aromatic carbocycles. The summed E-state index contributed by atoms with van der Waals surface area (Å²) in [4.78, 5) is 0. The van der Waals surface area contributed by atoms with Gasteiger partial charge in [-0.2, -0.15) is 0 Å². The maximum atomic E-state index is 3.39. The van der Waals surface area contributed by atoms with E-state index in [-0.39, 0.29) is 1.43 Å². The van der Waals surface area contributed by atoms with Crippen molar-refractivity contribution >= 4 is 0 Å². The molecule has 0 aromatic heterocycles. The van der Waals surface area contributed by atoms with Crippen LogP contribution in [-0.4, -0.2) is 13.1 Å². The third-order valence-electron chi connectivity index (χ3n) is 1.98. The molecule has 1 atom stereocenters. The lowest BCUT2D eigenvalue weighted by Gasteiger charge is -2.20. The van der Waals surface area contributed by atoms with Gasteiger partial charge in [-0.05, 0) is 31.8 Å². The van der Waals surface area contributed by atoms with E-state index in [9.17, 15) is 0 Å². The molecule has 1 fully saturated rings. The highest BCUT2D eigenvalue weighted by atomic mass is 14.9. The molecule has 1 saturated heterocycles. The maximum absolute atomic E-state index is 3.39. The number of nitrogens with one attached hydrogen (secondary N) is 1. The van der Waals surface area contributed by atoms with E-state index in [0.717, 1.165) is 5.92 Å². The Labute approximate surface area is 53.0 Å². The van der Waals surface area contributed by atoms with Gasteiger partial charge in [0.2, 0.25) is 0 Å². The van der Waals surface area contributed by atoms with Crippen LogP contribution in [0, 0.1) is 5.92 Å². The molecule has 1 aliphatic heterocycles. The fourth-order valence-corrected chi connectivity index (χ4v) is 1.27. The first kappa shape index (κ1) is 6.09. The van der Waals surface area contributed by atoms with Gasteiger partial charge in [0.15, 0.2) is 0 Å². The SMILES string of the molecule is CCC1CCCNC1.[HH]. The molecule has 1 heteroatoms. The predicted molar refractivity (Wildman–Crippen MR) is 38.0 cm³/mol. The van der Waals surface area contributed by atoms with Crippen LogP contribution in [0.15, 0.2) is 0 Å². The zero-order valence-corrected chi connectivity index (χ0v) is 5.61. The number of hydrogen-bond donors (Lipinski definition) is 1. The van der Waals surface area contributed by atoms with Crippen LogP contribution in [0.4, 0.5) is 0 Å². The smallest absolute Gasteiger partial charge is 0 e. The molecule has 0 spiro atoms. The van der Waals surface area contributed by atoms with Crippen molar-refractivity contribution in [3.05, 3.63) is 0 Å². The van der Waals surface area contributed by atoms with Gasteiger partial charge in [0.1, 0.15) is 0 Å². The van der Waals surface area contributed by atoms with Gasteiger partial charge in [-0.3, -0.25) is 0 Å². The average Bonchev–Trinajstić information content (AvgIpc) is 1.90. The Morgan fingerprint density at radius 2 is 2.62 bits per heavy atom. The normalized spacial score (nSPS) is 30.4. The maximum Gasteiger partial charge on any atom is 0 e. The summed E-state index contributed by atoms with van der Waals surface area (Å²) in [5, 5.41) is 3.39. The van der Waals surface area contributed by atoms with Gasteiger partial charge in [-0.15, -0.1) is 0 Å². The third-order valence-corrected chi connectivity index (χ3v) is 1.98. The number of rotatable bonds is 1. The van der Waals surface area contributed by atoms with E-state index in [4.69, 9.17) is 0 Å². The van der Waals surface area contributed by atoms with Crippen molar-refractivity contribution in [1.29, 1.82) is 0 Å². The van der Waals surface area contributed by atoms with E-state index in [0.29, 0.717) is 0 Å². The Hall–Kier alpha value is -0.0400. The molecule has 0 aromatic rings. The van der Waals surface area contributed by atoms with Crippen LogP contribution in [-0.2, 0) is 0 Å². The summed E-state index contributed by atoms with van der Waals surface area (Å²) in [6.07, 6.45) is 4.19. The molecule has 1 rings (SSSR count). The van der Waals surface area contributed by atoms with Gasteiger partial charge < -0.3 is 5.32 Å². The third kappa shape index (κ3) is 1.48. The van der Waals surface area contributed by atoms with Crippen molar-refractivity contribution < 1.29 is 1.43 Å². The molecule has 1 unspecified atom stereocenters. The lowest BCUT2D eigenvalue weighted by atomic mass is 9.97. The summed E-state index contributed by atoms with van der Waals surface area (Å²) in [7, 11) is 0. The molecule has 0 saturated carbocycles. The summed E-state index contributed by atoms with van der Waals surface area (Å²) in [5.74, 6) is 0.976. The highest BCUT2D eigenvalue weighted by Crippen LogP contribution is 2.12. The van der Waals surface area contributed by atoms with Crippen LogP contribution in [0.25, 0.3) is 0 Å². The lowest BCUT2D eigenvalue weighted by molar-refractivity contribution is 0.369. The van der Waals surface area contributed by atoms with Crippen molar-refractivity contribution in [2.75, 3.05) is 13.1 Å². The Kier molecular flexibility index (Phi) is 2.34. The monoisotopic (exact) mass is 115 g/mol. The van der Waals surface area contributed by atoms with E-state index in [1.807, 2.05) is 0 Å². The minimum absolute atomic E-state index is 0. The molecule has 8 heavy (non-hydrogen) atoms. The Balaban J connectivity index is 0.000000640. The van der Waals surface area contributed by atoms with Crippen LogP contribution in [0.2, 0.25) is 0 Å². The summed E-state index contributed by atoms with van der Waals surface area (Å²) in [5.41, 5.74) is 0. The van der Waals surface area contributed by atoms with Gasteiger partial charge in [0, 0.05) is 1.43 Å². The van der Waals surface area contributed by atoms with E-state index in [1.165, 1.54) is 32.4 Å². The minimum atomic E-state index is 0. The van der Waals surface area contributed by atoms with Crippen LogP contribution >= 0.6 is 0 Å². The van der Waals surface area contributed by atoms with Crippen LogP contribution in [0.3, 0.4) is 0 Å². The van der Waals surface area contributed by atoms with Crippen molar-refractivity contribution in [3.8, 4) is 0 Å². The molecule has 1 N–H and O–H groups in total. The molecule has 50 valence electrons. The Morgan fingerprint density at radius 1 is 1.75 bits per heavy atom. The van der Waals surface area contributed by atoms with Crippen LogP contribution in [0.5, 0.6) is 0 Å². The van der Waals surface area contributed by atoms with E-state index >= 15 is 0 Å². The van der Waals surface area contributed by atoms with Gasteiger partial charge in [-0.25, -0.2) is 0 Å². The summed E-state index contributed by atoms with van der Waals surface area (Å²) in [6, 6.07) is 0. The molecule has 1 aliphatic rings. The lowest BCUT2D eigenvalue weighted by Crippen LogP contribution is -2.29. The first-order chi connectivity index (χ1) is 3.93.